The van der Waals surface area contributed by atoms with Gasteiger partial charge in [-0.15, -0.1) is 0 Å². The fraction of sp³-hybridized carbons (Fsp3) is 0.550. The van der Waals surface area contributed by atoms with Crippen LogP contribution in [0.3, 0.4) is 0 Å². The van der Waals surface area contributed by atoms with Crippen LogP contribution in [0.4, 0.5) is 0 Å². The van der Waals surface area contributed by atoms with Crippen LogP contribution in [0.2, 0.25) is 0 Å². The smallest absolute Gasteiger partial charge is 0.251 e. The van der Waals surface area contributed by atoms with Gasteiger partial charge in [0.05, 0.1) is 6.04 Å². The number of aromatic nitrogens is 2. The molecule has 0 atom stereocenters. The molecule has 0 unspecified atom stereocenters. The zero-order valence-corrected chi connectivity index (χ0v) is 17.3. The van der Waals surface area contributed by atoms with Crippen molar-refractivity contribution in [2.75, 3.05) is 27.2 Å². The number of hydrogen-bond donors (Lipinski definition) is 1. The quantitative estimate of drug-likeness (QED) is 0.829. The molecule has 1 heterocycles. The lowest BCUT2D eigenvalue weighted by molar-refractivity contribution is 0.0951. The van der Waals surface area contributed by atoms with Crippen LogP contribution in [0.5, 0.6) is 0 Å². The Hall–Kier alpha value is -1.99. The van der Waals surface area contributed by atoms with Crippen molar-refractivity contribution in [1.29, 1.82) is 0 Å². The van der Waals surface area contributed by atoms with Gasteiger partial charge in [0.15, 0.2) is 0 Å². The second kappa shape index (κ2) is 9.28. The third-order valence-electron chi connectivity index (χ3n) is 4.81. The van der Waals surface area contributed by atoms with E-state index in [0.29, 0.717) is 18.2 Å². The Labute approximate surface area is 164 Å². The predicted molar refractivity (Wildman–Crippen MR) is 110 cm³/mol. The van der Waals surface area contributed by atoms with Crippen molar-refractivity contribution in [3.63, 3.8) is 0 Å². The summed E-state index contributed by atoms with van der Waals surface area (Å²) in [6.45, 7) is 1.47. The van der Waals surface area contributed by atoms with E-state index < -0.39 is 0 Å². The number of benzene rings is 1. The molecule has 0 saturated heterocycles. The molecule has 3 rings (SSSR count). The van der Waals surface area contributed by atoms with E-state index in [0.717, 1.165) is 21.9 Å². The Balaban J connectivity index is 1.69. The van der Waals surface area contributed by atoms with E-state index in [1.165, 1.54) is 32.1 Å². The summed E-state index contributed by atoms with van der Waals surface area (Å²) in [5.41, 5.74) is 1.69. The third kappa shape index (κ3) is 5.49. The number of rotatable bonds is 6. The van der Waals surface area contributed by atoms with Crippen LogP contribution in [0, 0.1) is 0 Å². The van der Waals surface area contributed by atoms with Crippen molar-refractivity contribution in [2.24, 2.45) is 12.0 Å². The summed E-state index contributed by atoms with van der Waals surface area (Å²) in [5.74, 6) is -0.0407. The lowest BCUT2D eigenvalue weighted by atomic mass is 9.96. The Bertz CT molecular complexity index is 816. The van der Waals surface area contributed by atoms with Crippen LogP contribution < -0.4 is 10.1 Å². The van der Waals surface area contributed by atoms with Gasteiger partial charge in [-0.1, -0.05) is 42.7 Å². The van der Waals surface area contributed by atoms with Crippen LogP contribution in [-0.2, 0) is 7.05 Å². The van der Waals surface area contributed by atoms with Gasteiger partial charge in [0, 0.05) is 31.3 Å². The van der Waals surface area contributed by atoms with Crippen LogP contribution in [0.15, 0.2) is 29.3 Å². The van der Waals surface area contributed by atoms with Crippen LogP contribution >= 0.6 is 11.3 Å². The normalized spacial score (nSPS) is 16.1. The minimum Gasteiger partial charge on any atom is -0.351 e. The van der Waals surface area contributed by atoms with Gasteiger partial charge in [0.2, 0.25) is 4.80 Å². The molecule has 1 aliphatic carbocycles. The van der Waals surface area contributed by atoms with E-state index in [1.54, 1.807) is 11.3 Å². The SMILES string of the molecule is CN(C)CCNC(=O)c1ccc(-c2nn(C)c(=NC3CCCCC3)s2)cc1. The number of hydrogen-bond acceptors (Lipinski definition) is 5. The molecule has 1 amide bonds. The highest BCUT2D eigenvalue weighted by Crippen LogP contribution is 2.22. The highest BCUT2D eigenvalue weighted by molar-refractivity contribution is 7.12. The summed E-state index contributed by atoms with van der Waals surface area (Å²) in [4.78, 5) is 20.1. The molecule has 1 fully saturated rings. The van der Waals surface area contributed by atoms with Crippen molar-refractivity contribution in [1.82, 2.24) is 20.0 Å². The van der Waals surface area contributed by atoms with Gasteiger partial charge in [-0.3, -0.25) is 9.79 Å². The van der Waals surface area contributed by atoms with E-state index >= 15 is 0 Å². The predicted octanol–water partition coefficient (Wildman–Crippen LogP) is 2.67. The number of likely N-dealkylation sites (N-methyl/N-ethyl adjacent to an activating group) is 1. The average molecular weight is 388 g/mol. The zero-order chi connectivity index (χ0) is 19.2. The third-order valence-corrected chi connectivity index (χ3v) is 5.87. The van der Waals surface area contributed by atoms with E-state index in [4.69, 9.17) is 4.99 Å². The number of amides is 1. The summed E-state index contributed by atoms with van der Waals surface area (Å²) < 4.78 is 1.87. The summed E-state index contributed by atoms with van der Waals surface area (Å²) in [5, 5.41) is 8.50. The van der Waals surface area contributed by atoms with Crippen molar-refractivity contribution in [3.05, 3.63) is 34.6 Å². The van der Waals surface area contributed by atoms with Crippen LogP contribution in [0.1, 0.15) is 42.5 Å². The molecule has 1 aromatic heterocycles. The minimum atomic E-state index is -0.0407. The van der Waals surface area contributed by atoms with Crippen molar-refractivity contribution in [3.8, 4) is 10.6 Å². The number of aryl methyl sites for hydroxylation is 1. The maximum absolute atomic E-state index is 12.2. The molecule has 1 saturated carbocycles. The van der Waals surface area contributed by atoms with E-state index in [9.17, 15) is 4.79 Å². The molecule has 146 valence electrons. The second-order valence-corrected chi connectivity index (χ2v) is 8.33. The molecule has 1 aromatic carbocycles. The Morgan fingerprint density at radius 3 is 2.63 bits per heavy atom. The van der Waals surface area contributed by atoms with Gasteiger partial charge in [0.25, 0.3) is 5.91 Å². The molecule has 1 aliphatic rings. The summed E-state index contributed by atoms with van der Waals surface area (Å²) in [6.07, 6.45) is 6.26. The van der Waals surface area contributed by atoms with Crippen LogP contribution in [-0.4, -0.2) is 53.8 Å². The fourth-order valence-electron chi connectivity index (χ4n) is 3.20. The van der Waals surface area contributed by atoms with Crippen molar-refractivity contribution in [2.45, 2.75) is 38.1 Å². The average Bonchev–Trinajstić information content (AvgIpc) is 3.03. The van der Waals surface area contributed by atoms with Crippen molar-refractivity contribution < 1.29 is 4.79 Å². The first-order chi connectivity index (χ1) is 13.0. The highest BCUT2D eigenvalue weighted by Gasteiger charge is 2.13. The molecular weight excluding hydrogens is 358 g/mol. The molecule has 0 spiro atoms. The molecule has 0 aliphatic heterocycles. The molecule has 2 aromatic rings. The number of carbonyl (C=O) groups excluding carboxylic acids is 1. The largest absolute Gasteiger partial charge is 0.351 e. The Kier molecular flexibility index (Phi) is 6.79. The first-order valence-electron chi connectivity index (χ1n) is 9.64. The van der Waals surface area contributed by atoms with E-state index in [-0.39, 0.29) is 5.91 Å². The monoisotopic (exact) mass is 387 g/mol. The summed E-state index contributed by atoms with van der Waals surface area (Å²) in [6, 6.07) is 8.08. The molecule has 27 heavy (non-hydrogen) atoms. The maximum Gasteiger partial charge on any atom is 0.251 e. The Morgan fingerprint density at radius 1 is 1.26 bits per heavy atom. The summed E-state index contributed by atoms with van der Waals surface area (Å²) in [7, 11) is 5.93. The first kappa shape index (κ1) is 19.8. The number of nitrogens with zero attached hydrogens (tertiary/aromatic N) is 4. The van der Waals surface area contributed by atoms with Crippen molar-refractivity contribution >= 4 is 17.2 Å². The van der Waals surface area contributed by atoms with Gasteiger partial charge in [0.1, 0.15) is 5.01 Å². The second-order valence-electron chi connectivity index (χ2n) is 7.37. The molecule has 0 radical (unpaired) electrons. The maximum atomic E-state index is 12.2. The molecule has 6 nitrogen and oxygen atoms in total. The first-order valence-corrected chi connectivity index (χ1v) is 10.5. The fourth-order valence-corrected chi connectivity index (χ4v) is 4.17. The lowest BCUT2D eigenvalue weighted by Crippen LogP contribution is -2.31. The zero-order valence-electron chi connectivity index (χ0n) is 16.4. The van der Waals surface area contributed by atoms with Gasteiger partial charge in [-0.25, -0.2) is 4.68 Å². The molecule has 7 heteroatoms. The van der Waals surface area contributed by atoms with Gasteiger partial charge in [-0.2, -0.15) is 5.10 Å². The Morgan fingerprint density at radius 2 is 1.96 bits per heavy atom. The number of nitrogens with one attached hydrogen (secondary N) is 1. The molecule has 0 bridgehead atoms. The topological polar surface area (TPSA) is 62.5 Å². The van der Waals surface area contributed by atoms with Gasteiger partial charge >= 0.3 is 0 Å². The van der Waals surface area contributed by atoms with E-state index in [1.807, 2.05) is 55.0 Å². The van der Waals surface area contributed by atoms with Gasteiger partial charge in [-0.05, 0) is 39.1 Å². The minimum absolute atomic E-state index is 0.0407. The summed E-state index contributed by atoms with van der Waals surface area (Å²) >= 11 is 1.62. The van der Waals surface area contributed by atoms with Gasteiger partial charge < -0.3 is 10.2 Å². The molecular formula is C20H29N5OS. The highest BCUT2D eigenvalue weighted by atomic mass is 32.1. The standard InChI is InChI=1S/C20H29N5OS/c1-24(2)14-13-21-18(26)15-9-11-16(12-10-15)19-23-25(3)20(27-19)22-17-7-5-4-6-8-17/h9-12,17H,4-8,13-14H2,1-3H3,(H,21,26). The molecule has 1 N–H and O–H groups in total. The van der Waals surface area contributed by atoms with Crippen LogP contribution in [0.25, 0.3) is 10.6 Å². The van der Waals surface area contributed by atoms with E-state index in [2.05, 4.69) is 10.4 Å². The number of carbonyl (C=O) groups is 1. The lowest BCUT2D eigenvalue weighted by Gasteiger charge is -2.16.